The van der Waals surface area contributed by atoms with E-state index < -0.39 is 10.6 Å². The summed E-state index contributed by atoms with van der Waals surface area (Å²) >= 11 is 2.92. The van der Waals surface area contributed by atoms with Crippen molar-refractivity contribution < 1.29 is 9.31 Å². The normalized spacial score (nSPS) is 28.3. The van der Waals surface area contributed by atoms with E-state index in [9.17, 15) is 14.5 Å². The van der Waals surface area contributed by atoms with Crippen molar-refractivity contribution in [1.82, 2.24) is 0 Å². The molecule has 1 rings (SSSR count). The van der Waals surface area contributed by atoms with Crippen LogP contribution in [0.3, 0.4) is 0 Å². The van der Waals surface area contributed by atoms with Crippen molar-refractivity contribution in [3.8, 4) is 0 Å². The second-order valence-electron chi connectivity index (χ2n) is 2.54. The fourth-order valence-corrected chi connectivity index (χ4v) is 1.53. The van der Waals surface area contributed by atoms with E-state index in [0.717, 1.165) is 0 Å². The maximum absolute atomic E-state index is 13.6. The molecule has 1 unspecified atom stereocenters. The molecule has 0 heterocycles. The Morgan fingerprint density at radius 2 is 2.50 bits per heavy atom. The molecule has 0 fully saturated rings. The summed E-state index contributed by atoms with van der Waals surface area (Å²) in [5.74, 6) is 0. The second-order valence-corrected chi connectivity index (χ2v) is 3.10. The maximum atomic E-state index is 13.6. The molecule has 5 heteroatoms. The van der Waals surface area contributed by atoms with Gasteiger partial charge in [0, 0.05) is 17.8 Å². The fraction of sp³-hybridized carbons (Fsp3) is 0.429. The average molecular weight is 236 g/mol. The first kappa shape index (κ1) is 9.38. The van der Waals surface area contributed by atoms with Crippen LogP contribution in [0.15, 0.2) is 23.9 Å². The number of hydrogen-bond acceptors (Lipinski definition) is 2. The second kappa shape index (κ2) is 3.35. The summed E-state index contributed by atoms with van der Waals surface area (Å²) in [6, 6.07) is 0. The first-order valence-electron chi connectivity index (χ1n) is 3.37. The lowest BCUT2D eigenvalue weighted by molar-refractivity contribution is -0.439. The topological polar surface area (TPSA) is 43.1 Å². The van der Waals surface area contributed by atoms with E-state index in [1.165, 1.54) is 12.2 Å². The van der Waals surface area contributed by atoms with Crippen LogP contribution in [0.5, 0.6) is 0 Å². The van der Waals surface area contributed by atoms with Gasteiger partial charge in [0.05, 0.1) is 4.92 Å². The van der Waals surface area contributed by atoms with Crippen molar-refractivity contribution in [2.45, 2.75) is 12.1 Å². The summed E-state index contributed by atoms with van der Waals surface area (Å²) in [4.78, 5) is 9.70. The molecule has 0 aliphatic heterocycles. The van der Waals surface area contributed by atoms with E-state index in [0.29, 0.717) is 0 Å². The Balaban J connectivity index is 2.98. The van der Waals surface area contributed by atoms with Gasteiger partial charge in [0.2, 0.25) is 5.67 Å². The van der Waals surface area contributed by atoms with Crippen LogP contribution < -0.4 is 0 Å². The van der Waals surface area contributed by atoms with Gasteiger partial charge in [0.1, 0.15) is 0 Å². The van der Waals surface area contributed by atoms with Crippen LogP contribution in [-0.4, -0.2) is 15.9 Å². The van der Waals surface area contributed by atoms with Crippen molar-refractivity contribution >= 4 is 15.9 Å². The molecule has 0 aromatic carbocycles. The summed E-state index contributed by atoms with van der Waals surface area (Å²) in [6.07, 6.45) is 4.34. The van der Waals surface area contributed by atoms with Gasteiger partial charge in [0.25, 0.3) is 5.70 Å². The molecule has 0 aromatic heterocycles. The van der Waals surface area contributed by atoms with Gasteiger partial charge in [-0.05, 0) is 0 Å². The van der Waals surface area contributed by atoms with E-state index in [4.69, 9.17) is 0 Å². The largest absolute Gasteiger partial charge is 0.284 e. The monoisotopic (exact) mass is 235 g/mol. The molecule has 1 aliphatic rings. The number of nitrogens with zero attached hydrogens (tertiary/aromatic N) is 1. The summed E-state index contributed by atoms with van der Waals surface area (Å²) in [5, 5.41) is 10.3. The van der Waals surface area contributed by atoms with Gasteiger partial charge in [-0.2, -0.15) is 0 Å². The molecule has 0 saturated heterocycles. The third-order valence-electron chi connectivity index (χ3n) is 1.70. The Bertz CT molecular complexity index is 264. The van der Waals surface area contributed by atoms with Crippen LogP contribution in [0.25, 0.3) is 0 Å². The predicted molar refractivity (Wildman–Crippen MR) is 46.5 cm³/mol. The van der Waals surface area contributed by atoms with Crippen molar-refractivity contribution in [1.29, 1.82) is 0 Å². The SMILES string of the molecule is O=[N+]([O-])C1=CC=CCC1(F)CBr. The minimum Gasteiger partial charge on any atom is -0.259 e. The summed E-state index contributed by atoms with van der Waals surface area (Å²) in [5.41, 5.74) is -2.22. The van der Waals surface area contributed by atoms with Crippen molar-refractivity contribution in [2.75, 3.05) is 5.33 Å². The highest BCUT2D eigenvalue weighted by Gasteiger charge is 2.42. The zero-order valence-electron chi connectivity index (χ0n) is 6.17. The molecule has 1 aliphatic carbocycles. The Labute approximate surface area is 77.2 Å². The highest BCUT2D eigenvalue weighted by Crippen LogP contribution is 2.31. The van der Waals surface area contributed by atoms with Gasteiger partial charge in [-0.25, -0.2) is 4.39 Å². The van der Waals surface area contributed by atoms with Gasteiger partial charge in [-0.15, -0.1) is 0 Å². The molecule has 0 bridgehead atoms. The zero-order chi connectivity index (χ0) is 9.19. The van der Waals surface area contributed by atoms with Crippen LogP contribution in [0, 0.1) is 10.1 Å². The standard InChI is InChI=1S/C7H7BrFNO2/c8-5-7(9)4-2-1-3-6(7)10(11)12/h1-3H,4-5H2. The molecule has 3 nitrogen and oxygen atoms in total. The maximum Gasteiger partial charge on any atom is 0.284 e. The summed E-state index contributed by atoms with van der Waals surface area (Å²) in [6.45, 7) is 0. The van der Waals surface area contributed by atoms with Gasteiger partial charge < -0.3 is 0 Å². The van der Waals surface area contributed by atoms with Gasteiger partial charge in [-0.1, -0.05) is 28.1 Å². The van der Waals surface area contributed by atoms with Gasteiger partial charge in [0.15, 0.2) is 0 Å². The number of alkyl halides is 2. The van der Waals surface area contributed by atoms with Crippen molar-refractivity contribution in [2.24, 2.45) is 0 Å². The highest BCUT2D eigenvalue weighted by molar-refractivity contribution is 9.09. The van der Waals surface area contributed by atoms with E-state index in [2.05, 4.69) is 15.9 Å². The number of hydrogen-bond donors (Lipinski definition) is 0. The molecule has 1 atom stereocenters. The van der Waals surface area contributed by atoms with Gasteiger partial charge >= 0.3 is 0 Å². The van der Waals surface area contributed by atoms with E-state index in [-0.39, 0.29) is 17.4 Å². The first-order chi connectivity index (χ1) is 5.60. The van der Waals surface area contributed by atoms with Crippen molar-refractivity contribution in [3.63, 3.8) is 0 Å². The Hall–Kier alpha value is -0.710. The number of nitro groups is 1. The molecule has 0 N–H and O–H groups in total. The third-order valence-corrected chi connectivity index (χ3v) is 2.59. The number of allylic oxidation sites excluding steroid dienone is 4. The van der Waals surface area contributed by atoms with Crippen molar-refractivity contribution in [3.05, 3.63) is 34.0 Å². The van der Waals surface area contributed by atoms with Crippen LogP contribution in [-0.2, 0) is 0 Å². The fourth-order valence-electron chi connectivity index (χ4n) is 1.02. The molecule has 0 amide bonds. The van der Waals surface area contributed by atoms with E-state index >= 15 is 0 Å². The highest BCUT2D eigenvalue weighted by atomic mass is 79.9. The molecular formula is C7H7BrFNO2. The molecule has 0 spiro atoms. The molecule has 0 aromatic rings. The Morgan fingerprint density at radius 3 is 2.92 bits per heavy atom. The zero-order valence-corrected chi connectivity index (χ0v) is 7.75. The smallest absolute Gasteiger partial charge is 0.259 e. The Morgan fingerprint density at radius 1 is 1.83 bits per heavy atom. The lowest BCUT2D eigenvalue weighted by Crippen LogP contribution is -2.32. The Kier molecular flexibility index (Phi) is 2.62. The molecule has 12 heavy (non-hydrogen) atoms. The molecule has 0 saturated carbocycles. The number of rotatable bonds is 2. The molecule has 66 valence electrons. The molecule has 0 radical (unpaired) electrons. The van der Waals surface area contributed by atoms with Crippen LogP contribution in [0.4, 0.5) is 4.39 Å². The minimum absolute atomic E-state index is 0.0445. The quantitative estimate of drug-likeness (QED) is 0.419. The van der Waals surface area contributed by atoms with E-state index in [1.807, 2.05) is 0 Å². The predicted octanol–water partition coefficient (Wildman–Crippen LogP) is 2.21. The average Bonchev–Trinajstić information content (AvgIpc) is 2.05. The lowest BCUT2D eigenvalue weighted by Gasteiger charge is -2.19. The first-order valence-corrected chi connectivity index (χ1v) is 4.49. The lowest BCUT2D eigenvalue weighted by atomic mass is 9.96. The summed E-state index contributed by atoms with van der Waals surface area (Å²) < 4.78 is 13.6. The number of halogens is 2. The van der Waals surface area contributed by atoms with E-state index in [1.54, 1.807) is 6.08 Å². The van der Waals surface area contributed by atoms with Crippen LogP contribution in [0.1, 0.15) is 6.42 Å². The summed E-state index contributed by atoms with van der Waals surface area (Å²) in [7, 11) is 0. The van der Waals surface area contributed by atoms with Gasteiger partial charge in [-0.3, -0.25) is 10.1 Å². The van der Waals surface area contributed by atoms with Crippen LogP contribution in [0.2, 0.25) is 0 Å². The molecular weight excluding hydrogens is 229 g/mol. The van der Waals surface area contributed by atoms with Crippen LogP contribution >= 0.6 is 15.9 Å². The minimum atomic E-state index is -1.85. The third kappa shape index (κ3) is 1.55.